The Hall–Kier alpha value is -3.78. The van der Waals surface area contributed by atoms with Crippen LogP contribution in [0.5, 0.6) is 0 Å². The molecule has 0 saturated heterocycles. The number of hydrogen-bond donors (Lipinski definition) is 1. The van der Waals surface area contributed by atoms with Crippen molar-refractivity contribution in [1.29, 1.82) is 0 Å². The molecule has 1 N–H and O–H groups in total. The molecule has 0 radical (unpaired) electrons. The Morgan fingerprint density at radius 1 is 0.500 bits per heavy atom. The molecule has 0 aliphatic heterocycles. The summed E-state index contributed by atoms with van der Waals surface area (Å²) in [4.78, 5) is 3.63. The molecular formula is C26H15NO. The second kappa shape index (κ2) is 4.93. The minimum Gasteiger partial charge on any atom is -0.456 e. The van der Waals surface area contributed by atoms with Gasteiger partial charge in [-0.15, -0.1) is 0 Å². The first-order valence-corrected chi connectivity index (χ1v) is 9.54. The third-order valence-electron chi connectivity index (χ3n) is 5.99. The number of hydrogen-bond acceptors (Lipinski definition) is 1. The van der Waals surface area contributed by atoms with Gasteiger partial charge in [0.15, 0.2) is 0 Å². The van der Waals surface area contributed by atoms with Crippen molar-refractivity contribution in [3.63, 3.8) is 0 Å². The summed E-state index contributed by atoms with van der Waals surface area (Å²) < 4.78 is 6.08. The minimum absolute atomic E-state index is 0.940. The molecule has 0 aliphatic rings. The summed E-state index contributed by atoms with van der Waals surface area (Å²) in [6, 6.07) is 30.1. The summed E-state index contributed by atoms with van der Waals surface area (Å²) in [5, 5.41) is 9.88. The lowest BCUT2D eigenvalue weighted by Gasteiger charge is -2.06. The summed E-state index contributed by atoms with van der Waals surface area (Å²) >= 11 is 0. The molecule has 5 aromatic carbocycles. The Morgan fingerprint density at radius 3 is 2.21 bits per heavy atom. The molecular weight excluding hydrogens is 342 g/mol. The minimum atomic E-state index is 0.940. The molecule has 0 spiro atoms. The van der Waals surface area contributed by atoms with Gasteiger partial charge in [0.25, 0.3) is 0 Å². The van der Waals surface area contributed by atoms with Gasteiger partial charge in [0.05, 0.1) is 5.52 Å². The number of benzene rings is 5. The van der Waals surface area contributed by atoms with E-state index in [1.54, 1.807) is 0 Å². The van der Waals surface area contributed by atoms with Crippen LogP contribution in [0.2, 0.25) is 0 Å². The van der Waals surface area contributed by atoms with E-state index in [9.17, 15) is 0 Å². The molecule has 0 aliphatic carbocycles. The average Bonchev–Trinajstić information content (AvgIpc) is 3.30. The normalized spacial score (nSPS) is 12.3. The number of aromatic nitrogens is 1. The number of rotatable bonds is 0. The summed E-state index contributed by atoms with van der Waals surface area (Å²) in [7, 11) is 0. The summed E-state index contributed by atoms with van der Waals surface area (Å²) in [5.74, 6) is 0. The average molecular weight is 357 g/mol. The van der Waals surface area contributed by atoms with Gasteiger partial charge < -0.3 is 9.40 Å². The van der Waals surface area contributed by atoms with Crippen LogP contribution in [0.25, 0.3) is 65.3 Å². The van der Waals surface area contributed by atoms with Crippen LogP contribution in [0.4, 0.5) is 0 Å². The Kier molecular flexibility index (Phi) is 2.52. The number of furan rings is 1. The molecule has 0 bridgehead atoms. The van der Waals surface area contributed by atoms with E-state index in [0.29, 0.717) is 0 Å². The van der Waals surface area contributed by atoms with E-state index in [4.69, 9.17) is 4.42 Å². The van der Waals surface area contributed by atoms with E-state index >= 15 is 0 Å². The van der Waals surface area contributed by atoms with E-state index in [2.05, 4.69) is 77.8 Å². The zero-order valence-corrected chi connectivity index (χ0v) is 15.0. The van der Waals surface area contributed by atoms with E-state index in [1.807, 2.05) is 12.1 Å². The lowest BCUT2D eigenvalue weighted by atomic mass is 9.98. The molecule has 2 heteroatoms. The van der Waals surface area contributed by atoms with Crippen LogP contribution in [-0.4, -0.2) is 4.98 Å². The van der Waals surface area contributed by atoms with Gasteiger partial charge in [0, 0.05) is 32.4 Å². The van der Waals surface area contributed by atoms with Crippen molar-refractivity contribution in [3.8, 4) is 0 Å². The third-order valence-corrected chi connectivity index (χ3v) is 5.99. The SMILES string of the molecule is c1ccc2c(c1)[nH]c1c2ccc2c3cc4c(cc3ccc21)oc1ccccc14. The third kappa shape index (κ3) is 1.72. The fourth-order valence-electron chi connectivity index (χ4n) is 4.68. The maximum Gasteiger partial charge on any atom is 0.136 e. The van der Waals surface area contributed by atoms with Crippen molar-refractivity contribution in [2.24, 2.45) is 0 Å². The zero-order chi connectivity index (χ0) is 18.2. The first-order chi connectivity index (χ1) is 13.9. The molecule has 7 rings (SSSR count). The second-order valence-corrected chi connectivity index (χ2v) is 7.49. The van der Waals surface area contributed by atoms with Crippen LogP contribution in [0.15, 0.2) is 89.3 Å². The van der Waals surface area contributed by atoms with Crippen LogP contribution >= 0.6 is 0 Å². The van der Waals surface area contributed by atoms with E-state index < -0.39 is 0 Å². The molecule has 0 unspecified atom stereocenters. The maximum atomic E-state index is 6.08. The molecule has 0 saturated carbocycles. The van der Waals surface area contributed by atoms with Gasteiger partial charge in [-0.25, -0.2) is 0 Å². The monoisotopic (exact) mass is 357 g/mol. The number of para-hydroxylation sites is 2. The highest BCUT2D eigenvalue weighted by molar-refractivity contribution is 6.23. The smallest absolute Gasteiger partial charge is 0.136 e. The van der Waals surface area contributed by atoms with Crippen molar-refractivity contribution in [1.82, 2.24) is 4.98 Å². The fraction of sp³-hybridized carbons (Fsp3) is 0. The van der Waals surface area contributed by atoms with Gasteiger partial charge in [0.1, 0.15) is 11.2 Å². The van der Waals surface area contributed by atoms with Crippen molar-refractivity contribution in [2.45, 2.75) is 0 Å². The predicted octanol–water partition coefficient (Wildman–Crippen LogP) is 7.53. The lowest BCUT2D eigenvalue weighted by Crippen LogP contribution is -1.80. The molecule has 0 amide bonds. The van der Waals surface area contributed by atoms with Gasteiger partial charge in [-0.05, 0) is 40.4 Å². The van der Waals surface area contributed by atoms with E-state index in [1.165, 1.54) is 54.1 Å². The molecule has 2 nitrogen and oxygen atoms in total. The molecule has 7 aromatic rings. The van der Waals surface area contributed by atoms with Gasteiger partial charge in [-0.3, -0.25) is 0 Å². The molecule has 2 aromatic heterocycles. The van der Waals surface area contributed by atoms with Crippen LogP contribution in [0.3, 0.4) is 0 Å². The second-order valence-electron chi connectivity index (χ2n) is 7.49. The summed E-state index contributed by atoms with van der Waals surface area (Å²) in [6.45, 7) is 0. The predicted molar refractivity (Wildman–Crippen MR) is 118 cm³/mol. The highest BCUT2D eigenvalue weighted by atomic mass is 16.3. The largest absolute Gasteiger partial charge is 0.456 e. The highest BCUT2D eigenvalue weighted by Crippen LogP contribution is 2.38. The fourth-order valence-corrected chi connectivity index (χ4v) is 4.68. The molecule has 130 valence electrons. The van der Waals surface area contributed by atoms with E-state index in [-0.39, 0.29) is 0 Å². The topological polar surface area (TPSA) is 28.9 Å². The first-order valence-electron chi connectivity index (χ1n) is 9.54. The highest BCUT2D eigenvalue weighted by Gasteiger charge is 2.12. The van der Waals surface area contributed by atoms with Crippen LogP contribution in [0.1, 0.15) is 0 Å². The molecule has 0 atom stereocenters. The van der Waals surface area contributed by atoms with Gasteiger partial charge in [0.2, 0.25) is 0 Å². The number of fused-ring (bicyclic) bond motifs is 10. The summed E-state index contributed by atoms with van der Waals surface area (Å²) in [5.41, 5.74) is 4.27. The van der Waals surface area contributed by atoms with Gasteiger partial charge in [-0.2, -0.15) is 0 Å². The molecule has 2 heterocycles. The van der Waals surface area contributed by atoms with Gasteiger partial charge >= 0.3 is 0 Å². The zero-order valence-electron chi connectivity index (χ0n) is 15.0. The van der Waals surface area contributed by atoms with Crippen molar-refractivity contribution >= 4 is 65.3 Å². The lowest BCUT2D eigenvalue weighted by molar-refractivity contribution is 0.669. The van der Waals surface area contributed by atoms with Crippen LogP contribution < -0.4 is 0 Å². The number of aromatic amines is 1. The number of H-pyrrole nitrogens is 1. The Bertz CT molecular complexity index is 1720. The standard InChI is InChI=1S/C26H15NO/c1-3-7-23-17(5-1)20-12-11-16-19(26(20)27-23)10-9-15-13-25-22(14-21(15)16)18-6-2-4-8-24(18)28-25/h1-14,27H. The van der Waals surface area contributed by atoms with Gasteiger partial charge in [-0.1, -0.05) is 60.7 Å². The van der Waals surface area contributed by atoms with Crippen molar-refractivity contribution in [2.75, 3.05) is 0 Å². The van der Waals surface area contributed by atoms with Crippen molar-refractivity contribution in [3.05, 3.63) is 84.9 Å². The molecule has 28 heavy (non-hydrogen) atoms. The Morgan fingerprint density at radius 2 is 1.25 bits per heavy atom. The maximum absolute atomic E-state index is 6.08. The van der Waals surface area contributed by atoms with Crippen LogP contribution in [-0.2, 0) is 0 Å². The Balaban J connectivity index is 1.68. The van der Waals surface area contributed by atoms with Crippen LogP contribution in [0, 0.1) is 0 Å². The first kappa shape index (κ1) is 14.3. The van der Waals surface area contributed by atoms with Crippen molar-refractivity contribution < 1.29 is 4.42 Å². The summed E-state index contributed by atoms with van der Waals surface area (Å²) in [6.07, 6.45) is 0. The molecule has 0 fully saturated rings. The quantitative estimate of drug-likeness (QED) is 0.279. The number of nitrogens with one attached hydrogen (secondary N) is 1. The van der Waals surface area contributed by atoms with E-state index in [0.717, 1.165) is 11.2 Å². The Labute approximate surface area is 160 Å².